The number of hydrogen-bond donors (Lipinski definition) is 2. The molecule has 1 aliphatic rings. The Hall–Kier alpha value is -4.32. The van der Waals surface area contributed by atoms with Crippen LogP contribution in [0.1, 0.15) is 32.4 Å². The van der Waals surface area contributed by atoms with Crippen molar-refractivity contribution in [1.82, 2.24) is 10.4 Å². The number of halogens is 1. The molecule has 0 aromatic heterocycles. The quantitative estimate of drug-likeness (QED) is 0.325. The van der Waals surface area contributed by atoms with E-state index in [0.717, 1.165) is 5.01 Å². The molecule has 186 valence electrons. The summed E-state index contributed by atoms with van der Waals surface area (Å²) in [5, 5.41) is 15.6. The number of nitrogens with zero attached hydrogens (tertiary/aromatic N) is 2. The summed E-state index contributed by atoms with van der Waals surface area (Å²) in [5.41, 5.74) is 3.82. The molecule has 2 N–H and O–H groups in total. The van der Waals surface area contributed by atoms with Crippen molar-refractivity contribution in [3.63, 3.8) is 0 Å². The Labute approximate surface area is 214 Å². The van der Waals surface area contributed by atoms with Crippen molar-refractivity contribution in [2.75, 3.05) is 26.6 Å². The number of anilines is 1. The Morgan fingerprint density at radius 3 is 2.36 bits per heavy atom. The van der Waals surface area contributed by atoms with Gasteiger partial charge in [0.05, 0.1) is 31.8 Å². The van der Waals surface area contributed by atoms with E-state index in [1.54, 1.807) is 24.3 Å². The van der Waals surface area contributed by atoms with E-state index >= 15 is 0 Å². The van der Waals surface area contributed by atoms with Crippen LogP contribution in [0.2, 0.25) is 0 Å². The number of methoxy groups -OCH3 is 3. The molecule has 0 unspecified atom stereocenters. The lowest BCUT2D eigenvalue weighted by Gasteiger charge is -2.37. The van der Waals surface area contributed by atoms with Crippen LogP contribution in [-0.4, -0.2) is 43.1 Å². The highest BCUT2D eigenvalue weighted by atomic mass is 79.9. The van der Waals surface area contributed by atoms with Crippen molar-refractivity contribution in [2.24, 2.45) is 0 Å². The molecular weight excluding hydrogens is 536 g/mol. The number of carbonyl (C=O) groups excluding carboxylic acids is 2. The van der Waals surface area contributed by atoms with Gasteiger partial charge in [-0.15, -0.1) is 0 Å². The summed E-state index contributed by atoms with van der Waals surface area (Å²) in [4.78, 5) is 37.7. The highest BCUT2D eigenvalue weighted by Gasteiger charge is 2.35. The fourth-order valence-electron chi connectivity index (χ4n) is 3.82. The van der Waals surface area contributed by atoms with Crippen molar-refractivity contribution in [3.8, 4) is 17.2 Å². The van der Waals surface area contributed by atoms with Gasteiger partial charge in [-0.05, 0) is 30.3 Å². The zero-order valence-corrected chi connectivity index (χ0v) is 21.0. The van der Waals surface area contributed by atoms with Gasteiger partial charge in [0.25, 0.3) is 17.5 Å². The second kappa shape index (κ2) is 10.1. The summed E-state index contributed by atoms with van der Waals surface area (Å²) in [6, 6.07) is 13.8. The maximum absolute atomic E-state index is 13.5. The number of hydrogen-bond acceptors (Lipinski definition) is 8. The standard InChI is InChI=1S/C24H21BrN4O7/c1-34-19-10-14(11-20(35-2)21(19)36-3)23(30)27-28-22(13-5-4-6-16(9-13)29(32)33)26-18-8-7-15(25)12-17(18)24(28)31/h4-12,22,26H,1-3H3,(H,27,30)/t22-/m1/s1. The normalized spacial score (nSPS) is 14.4. The van der Waals surface area contributed by atoms with Gasteiger partial charge in [-0.1, -0.05) is 28.1 Å². The van der Waals surface area contributed by atoms with Crippen molar-refractivity contribution in [3.05, 3.63) is 85.9 Å². The maximum atomic E-state index is 13.5. The van der Waals surface area contributed by atoms with Crippen molar-refractivity contribution in [1.29, 1.82) is 0 Å². The van der Waals surface area contributed by atoms with Gasteiger partial charge in [0.1, 0.15) is 6.17 Å². The summed E-state index contributed by atoms with van der Waals surface area (Å²) >= 11 is 3.36. The smallest absolute Gasteiger partial charge is 0.276 e. The fourth-order valence-corrected chi connectivity index (χ4v) is 4.18. The summed E-state index contributed by atoms with van der Waals surface area (Å²) in [6.45, 7) is 0. The second-order valence-corrected chi connectivity index (χ2v) is 8.53. The third-order valence-corrected chi connectivity index (χ3v) is 6.02. The van der Waals surface area contributed by atoms with Crippen LogP contribution < -0.4 is 25.0 Å². The van der Waals surface area contributed by atoms with E-state index in [2.05, 4.69) is 26.7 Å². The zero-order valence-electron chi connectivity index (χ0n) is 19.4. The first-order chi connectivity index (χ1) is 17.3. The van der Waals surface area contributed by atoms with Gasteiger partial charge in [0, 0.05) is 33.4 Å². The number of nitro benzene ring substituents is 1. The van der Waals surface area contributed by atoms with Crippen LogP contribution >= 0.6 is 15.9 Å². The third-order valence-electron chi connectivity index (χ3n) is 5.53. The zero-order chi connectivity index (χ0) is 26.0. The molecule has 11 nitrogen and oxygen atoms in total. The van der Waals surface area contributed by atoms with Crippen LogP contribution in [0.3, 0.4) is 0 Å². The summed E-state index contributed by atoms with van der Waals surface area (Å²) in [7, 11) is 4.28. The minimum atomic E-state index is -0.933. The van der Waals surface area contributed by atoms with Crippen molar-refractivity contribution >= 4 is 39.1 Å². The molecular formula is C24H21BrN4O7. The topological polar surface area (TPSA) is 132 Å². The summed E-state index contributed by atoms with van der Waals surface area (Å²) < 4.78 is 16.6. The van der Waals surface area contributed by atoms with Crippen molar-refractivity contribution < 1.29 is 28.7 Å². The number of non-ortho nitro benzene ring substituents is 1. The Bertz CT molecular complexity index is 1340. The number of benzene rings is 3. The number of ether oxygens (including phenoxy) is 3. The molecule has 2 amide bonds. The molecule has 0 aliphatic carbocycles. The molecule has 0 saturated heterocycles. The minimum absolute atomic E-state index is 0.134. The molecule has 4 rings (SSSR count). The molecule has 36 heavy (non-hydrogen) atoms. The Balaban J connectivity index is 1.76. The third kappa shape index (κ3) is 4.62. The van der Waals surface area contributed by atoms with Gasteiger partial charge >= 0.3 is 0 Å². The SMILES string of the molecule is COc1cc(C(=O)NN2C(=O)c3cc(Br)ccc3N[C@H]2c2cccc([N+](=O)[O-])c2)cc(OC)c1OC. The van der Waals surface area contributed by atoms with Crippen LogP contribution in [0.4, 0.5) is 11.4 Å². The average Bonchev–Trinajstić information content (AvgIpc) is 2.89. The Morgan fingerprint density at radius 2 is 1.75 bits per heavy atom. The predicted molar refractivity (Wildman–Crippen MR) is 133 cm³/mol. The first kappa shape index (κ1) is 24.8. The predicted octanol–water partition coefficient (Wildman–Crippen LogP) is 4.29. The highest BCUT2D eigenvalue weighted by molar-refractivity contribution is 9.10. The largest absolute Gasteiger partial charge is 0.493 e. The summed E-state index contributed by atoms with van der Waals surface area (Å²) in [5.74, 6) is -0.328. The number of hydrazine groups is 1. The van der Waals surface area contributed by atoms with E-state index in [1.165, 1.54) is 51.7 Å². The van der Waals surface area contributed by atoms with Crippen LogP contribution in [0.5, 0.6) is 17.2 Å². The van der Waals surface area contributed by atoms with Gasteiger partial charge in [-0.25, -0.2) is 5.01 Å². The number of rotatable bonds is 7. The monoisotopic (exact) mass is 556 g/mol. The van der Waals surface area contributed by atoms with Gasteiger partial charge in [-0.2, -0.15) is 0 Å². The molecule has 0 saturated carbocycles. The van der Waals surface area contributed by atoms with E-state index in [4.69, 9.17) is 14.2 Å². The lowest BCUT2D eigenvalue weighted by molar-refractivity contribution is -0.384. The maximum Gasteiger partial charge on any atom is 0.276 e. The molecule has 0 bridgehead atoms. The number of nitrogens with one attached hydrogen (secondary N) is 2. The average molecular weight is 557 g/mol. The van der Waals surface area contributed by atoms with E-state index < -0.39 is 22.9 Å². The Kier molecular flexibility index (Phi) is 6.97. The van der Waals surface area contributed by atoms with Crippen LogP contribution in [0, 0.1) is 10.1 Å². The fraction of sp³-hybridized carbons (Fsp3) is 0.167. The van der Waals surface area contributed by atoms with Gasteiger partial charge in [0.15, 0.2) is 11.5 Å². The van der Waals surface area contributed by atoms with E-state index in [-0.39, 0.29) is 22.7 Å². The van der Waals surface area contributed by atoms with Gasteiger partial charge in [0.2, 0.25) is 5.75 Å². The van der Waals surface area contributed by atoms with E-state index in [9.17, 15) is 19.7 Å². The molecule has 0 fully saturated rings. The molecule has 0 spiro atoms. The molecule has 1 aliphatic heterocycles. The minimum Gasteiger partial charge on any atom is -0.493 e. The van der Waals surface area contributed by atoms with Gasteiger partial charge < -0.3 is 19.5 Å². The lowest BCUT2D eigenvalue weighted by atomic mass is 10.0. The van der Waals surface area contributed by atoms with Crippen LogP contribution in [0.25, 0.3) is 0 Å². The molecule has 3 aromatic rings. The first-order valence-corrected chi connectivity index (χ1v) is 11.3. The summed E-state index contributed by atoms with van der Waals surface area (Å²) in [6.07, 6.45) is -0.933. The van der Waals surface area contributed by atoms with Crippen molar-refractivity contribution in [2.45, 2.75) is 6.17 Å². The first-order valence-electron chi connectivity index (χ1n) is 10.5. The van der Waals surface area contributed by atoms with Gasteiger partial charge in [-0.3, -0.25) is 25.1 Å². The molecule has 3 aromatic carbocycles. The number of nitro groups is 1. The molecule has 1 atom stereocenters. The molecule has 12 heteroatoms. The number of carbonyl (C=O) groups is 2. The molecule has 0 radical (unpaired) electrons. The van der Waals surface area contributed by atoms with E-state index in [0.29, 0.717) is 27.0 Å². The number of amides is 2. The van der Waals surface area contributed by atoms with Crippen LogP contribution in [0.15, 0.2) is 59.1 Å². The highest BCUT2D eigenvalue weighted by Crippen LogP contribution is 2.39. The second-order valence-electron chi connectivity index (χ2n) is 7.62. The number of fused-ring (bicyclic) bond motifs is 1. The van der Waals surface area contributed by atoms with Crippen LogP contribution in [-0.2, 0) is 0 Å². The Morgan fingerprint density at radius 1 is 1.06 bits per heavy atom. The van der Waals surface area contributed by atoms with E-state index in [1.807, 2.05) is 0 Å². The molecule has 1 heterocycles. The lowest BCUT2D eigenvalue weighted by Crippen LogP contribution is -2.52.